The molecule has 1 aliphatic rings. The van der Waals surface area contributed by atoms with Crippen LogP contribution in [0.15, 0.2) is 53.5 Å². The van der Waals surface area contributed by atoms with Gasteiger partial charge in [-0.2, -0.15) is 0 Å². The second-order valence-corrected chi connectivity index (χ2v) is 7.76. The Bertz CT molecular complexity index is 817. The van der Waals surface area contributed by atoms with Crippen LogP contribution in [0.3, 0.4) is 0 Å². The van der Waals surface area contributed by atoms with Gasteiger partial charge in [0.15, 0.2) is 5.96 Å². The number of rotatable bonds is 10. The number of hydrogen-bond donors (Lipinski definition) is 2. The Kier molecular flexibility index (Phi) is 9.18. The molecule has 0 saturated carbocycles. The van der Waals surface area contributed by atoms with Crippen molar-refractivity contribution in [3.05, 3.63) is 65.2 Å². The number of aliphatic imine (C=N–C) groups is 1. The summed E-state index contributed by atoms with van der Waals surface area (Å²) in [6.07, 6.45) is 2.50. The third-order valence-corrected chi connectivity index (χ3v) is 5.72. The number of ether oxygens (including phenoxy) is 2. The minimum absolute atomic E-state index is 0.245. The molecule has 0 aliphatic carbocycles. The van der Waals surface area contributed by atoms with Crippen LogP contribution in [0, 0.1) is 0 Å². The molecule has 1 atom stereocenters. The van der Waals surface area contributed by atoms with Gasteiger partial charge in [-0.1, -0.05) is 42.5 Å². The van der Waals surface area contributed by atoms with E-state index in [9.17, 15) is 0 Å². The summed E-state index contributed by atoms with van der Waals surface area (Å²) < 4.78 is 11.1. The number of hydrogen-bond acceptors (Lipinski definition) is 4. The normalized spacial score (nSPS) is 15.6. The zero-order chi connectivity index (χ0) is 21.9. The van der Waals surface area contributed by atoms with Crippen molar-refractivity contribution in [1.29, 1.82) is 0 Å². The maximum absolute atomic E-state index is 5.65. The van der Waals surface area contributed by atoms with E-state index >= 15 is 0 Å². The van der Waals surface area contributed by atoms with Gasteiger partial charge >= 0.3 is 0 Å². The third-order valence-electron chi connectivity index (χ3n) is 5.72. The summed E-state index contributed by atoms with van der Waals surface area (Å²) in [5.74, 6) is 1.74. The molecule has 0 aromatic heterocycles. The SMILES string of the molecule is CCOCc1ccc(CNC(=NC)NCC(c2ccccc2OC)N2CCCC2)cc1. The predicted molar refractivity (Wildman–Crippen MR) is 127 cm³/mol. The van der Waals surface area contributed by atoms with E-state index < -0.39 is 0 Å². The molecule has 2 aromatic carbocycles. The number of para-hydroxylation sites is 1. The lowest BCUT2D eigenvalue weighted by atomic mass is 10.0. The standard InChI is InChI=1S/C25H36N4O2/c1-4-31-19-21-13-11-20(12-14-21)17-27-25(26-2)28-18-23(29-15-7-8-16-29)22-9-5-6-10-24(22)30-3/h5-6,9-14,23H,4,7-8,15-19H2,1-3H3,(H2,26,27,28). The summed E-state index contributed by atoms with van der Waals surface area (Å²) in [5.41, 5.74) is 3.63. The van der Waals surface area contributed by atoms with Gasteiger partial charge in [-0.3, -0.25) is 9.89 Å². The molecule has 6 heteroatoms. The first-order valence-corrected chi connectivity index (χ1v) is 11.2. The Labute approximate surface area is 186 Å². The molecule has 1 unspecified atom stereocenters. The molecule has 6 nitrogen and oxygen atoms in total. The van der Waals surface area contributed by atoms with E-state index in [1.54, 1.807) is 7.11 Å². The number of benzene rings is 2. The van der Waals surface area contributed by atoms with Gasteiger partial charge in [0, 0.05) is 32.3 Å². The van der Waals surface area contributed by atoms with Crippen molar-refractivity contribution in [2.24, 2.45) is 4.99 Å². The van der Waals surface area contributed by atoms with Gasteiger partial charge in [0.2, 0.25) is 0 Å². The van der Waals surface area contributed by atoms with Gasteiger partial charge in [0.1, 0.15) is 5.75 Å². The topological polar surface area (TPSA) is 58.1 Å². The lowest BCUT2D eigenvalue weighted by Crippen LogP contribution is -2.42. The van der Waals surface area contributed by atoms with Crippen LogP contribution in [-0.4, -0.2) is 51.3 Å². The molecule has 0 bridgehead atoms. The molecule has 168 valence electrons. The number of nitrogens with zero attached hydrogens (tertiary/aromatic N) is 2. The second kappa shape index (κ2) is 12.3. The van der Waals surface area contributed by atoms with Gasteiger partial charge in [-0.15, -0.1) is 0 Å². The van der Waals surface area contributed by atoms with Crippen molar-refractivity contribution in [2.45, 2.75) is 39.0 Å². The summed E-state index contributed by atoms with van der Waals surface area (Å²) in [6.45, 7) is 7.13. The van der Waals surface area contributed by atoms with Crippen molar-refractivity contribution in [2.75, 3.05) is 40.4 Å². The Hall–Kier alpha value is -2.57. The van der Waals surface area contributed by atoms with E-state index in [1.165, 1.54) is 29.5 Å². The first-order chi connectivity index (χ1) is 15.2. The molecule has 2 aromatic rings. The molecule has 1 aliphatic heterocycles. The highest BCUT2D eigenvalue weighted by molar-refractivity contribution is 5.79. The predicted octanol–water partition coefficient (Wildman–Crippen LogP) is 3.73. The van der Waals surface area contributed by atoms with Gasteiger partial charge in [0.25, 0.3) is 0 Å². The quantitative estimate of drug-likeness (QED) is 0.450. The van der Waals surface area contributed by atoms with Crippen LogP contribution >= 0.6 is 0 Å². The minimum Gasteiger partial charge on any atom is -0.496 e. The molecular formula is C25H36N4O2. The highest BCUT2D eigenvalue weighted by atomic mass is 16.5. The fourth-order valence-electron chi connectivity index (χ4n) is 4.00. The van der Waals surface area contributed by atoms with Gasteiger partial charge in [-0.05, 0) is 50.0 Å². The maximum Gasteiger partial charge on any atom is 0.191 e. The third kappa shape index (κ3) is 6.71. The van der Waals surface area contributed by atoms with Gasteiger partial charge < -0.3 is 20.1 Å². The van der Waals surface area contributed by atoms with Crippen LogP contribution in [0.4, 0.5) is 0 Å². The Morgan fingerprint density at radius 2 is 1.74 bits per heavy atom. The van der Waals surface area contributed by atoms with Crippen LogP contribution in [0.25, 0.3) is 0 Å². The van der Waals surface area contributed by atoms with E-state index in [0.29, 0.717) is 6.61 Å². The lowest BCUT2D eigenvalue weighted by molar-refractivity contribution is 0.134. The van der Waals surface area contributed by atoms with E-state index in [-0.39, 0.29) is 6.04 Å². The second-order valence-electron chi connectivity index (χ2n) is 7.76. The number of guanidine groups is 1. The van der Waals surface area contributed by atoms with E-state index in [4.69, 9.17) is 9.47 Å². The molecule has 1 fully saturated rings. The highest BCUT2D eigenvalue weighted by Gasteiger charge is 2.26. The van der Waals surface area contributed by atoms with Gasteiger partial charge in [-0.25, -0.2) is 0 Å². The van der Waals surface area contributed by atoms with Crippen LogP contribution in [0.1, 0.15) is 42.5 Å². The van der Waals surface area contributed by atoms with Crippen molar-refractivity contribution >= 4 is 5.96 Å². The van der Waals surface area contributed by atoms with Crippen LogP contribution in [-0.2, 0) is 17.9 Å². The van der Waals surface area contributed by atoms with Crippen LogP contribution < -0.4 is 15.4 Å². The fraction of sp³-hybridized carbons (Fsp3) is 0.480. The van der Waals surface area contributed by atoms with Crippen molar-refractivity contribution in [3.63, 3.8) is 0 Å². The Balaban J connectivity index is 1.59. The summed E-state index contributed by atoms with van der Waals surface area (Å²) in [5, 5.41) is 6.96. The molecule has 1 saturated heterocycles. The number of methoxy groups -OCH3 is 1. The molecule has 3 rings (SSSR count). The Morgan fingerprint density at radius 3 is 2.42 bits per heavy atom. The minimum atomic E-state index is 0.245. The Morgan fingerprint density at radius 1 is 1.03 bits per heavy atom. The van der Waals surface area contributed by atoms with Crippen molar-refractivity contribution < 1.29 is 9.47 Å². The molecule has 1 heterocycles. The molecular weight excluding hydrogens is 388 g/mol. The average molecular weight is 425 g/mol. The number of likely N-dealkylation sites (tertiary alicyclic amines) is 1. The van der Waals surface area contributed by atoms with Crippen LogP contribution in [0.5, 0.6) is 5.75 Å². The maximum atomic E-state index is 5.65. The lowest BCUT2D eigenvalue weighted by Gasteiger charge is -2.30. The molecule has 0 amide bonds. The summed E-state index contributed by atoms with van der Waals surface area (Å²) in [6, 6.07) is 17.1. The highest BCUT2D eigenvalue weighted by Crippen LogP contribution is 2.31. The fourth-order valence-corrected chi connectivity index (χ4v) is 4.00. The molecule has 0 spiro atoms. The molecule has 31 heavy (non-hydrogen) atoms. The first-order valence-electron chi connectivity index (χ1n) is 11.2. The molecule has 2 N–H and O–H groups in total. The van der Waals surface area contributed by atoms with E-state index in [1.807, 2.05) is 26.1 Å². The first kappa shape index (κ1) is 23.1. The summed E-state index contributed by atoms with van der Waals surface area (Å²) in [4.78, 5) is 6.96. The average Bonchev–Trinajstić information content (AvgIpc) is 3.35. The summed E-state index contributed by atoms with van der Waals surface area (Å²) in [7, 11) is 3.56. The zero-order valence-corrected chi connectivity index (χ0v) is 19.1. The summed E-state index contributed by atoms with van der Waals surface area (Å²) >= 11 is 0. The monoisotopic (exact) mass is 424 g/mol. The number of nitrogens with one attached hydrogen (secondary N) is 2. The smallest absolute Gasteiger partial charge is 0.191 e. The van der Waals surface area contributed by atoms with E-state index in [0.717, 1.165) is 44.5 Å². The largest absolute Gasteiger partial charge is 0.496 e. The zero-order valence-electron chi connectivity index (χ0n) is 19.1. The van der Waals surface area contributed by atoms with Crippen molar-refractivity contribution in [3.8, 4) is 5.75 Å². The van der Waals surface area contributed by atoms with Crippen LogP contribution in [0.2, 0.25) is 0 Å². The van der Waals surface area contributed by atoms with Crippen molar-refractivity contribution in [1.82, 2.24) is 15.5 Å². The molecule has 0 radical (unpaired) electrons. The van der Waals surface area contributed by atoms with E-state index in [2.05, 4.69) is 56.9 Å². The van der Waals surface area contributed by atoms with Gasteiger partial charge in [0.05, 0.1) is 19.8 Å².